The molecule has 142 valence electrons. The highest BCUT2D eigenvalue weighted by molar-refractivity contribution is 9.10. The van der Waals surface area contributed by atoms with E-state index < -0.39 is 10.7 Å². The normalized spacial score (nSPS) is 14.8. The zero-order valence-electron chi connectivity index (χ0n) is 14.4. The van der Waals surface area contributed by atoms with Gasteiger partial charge in [0, 0.05) is 48.5 Å². The molecule has 0 atom stereocenters. The molecule has 1 heterocycles. The van der Waals surface area contributed by atoms with Crippen molar-refractivity contribution in [1.82, 2.24) is 4.90 Å². The van der Waals surface area contributed by atoms with E-state index in [2.05, 4.69) is 26.1 Å². The van der Waals surface area contributed by atoms with Crippen LogP contribution in [0.15, 0.2) is 46.9 Å². The lowest BCUT2D eigenvalue weighted by atomic mass is 10.2. The van der Waals surface area contributed by atoms with Crippen molar-refractivity contribution >= 4 is 38.9 Å². The molecule has 27 heavy (non-hydrogen) atoms. The van der Waals surface area contributed by atoms with Gasteiger partial charge >= 0.3 is 0 Å². The number of carbonyl (C=O) groups is 1. The summed E-state index contributed by atoms with van der Waals surface area (Å²) in [7, 11) is 0. The molecule has 0 radical (unpaired) electrons. The Morgan fingerprint density at radius 2 is 1.93 bits per heavy atom. The molecule has 0 bridgehead atoms. The molecule has 1 N–H and O–H groups in total. The average molecular weight is 437 g/mol. The number of non-ortho nitro benzene ring substituents is 1. The second kappa shape index (κ2) is 8.45. The predicted molar refractivity (Wildman–Crippen MR) is 104 cm³/mol. The molecular weight excluding hydrogens is 419 g/mol. The lowest BCUT2D eigenvalue weighted by Gasteiger charge is -2.36. The minimum Gasteiger partial charge on any atom is -0.368 e. The molecule has 2 aromatic carbocycles. The summed E-state index contributed by atoms with van der Waals surface area (Å²) in [5, 5.41) is 13.5. The van der Waals surface area contributed by atoms with E-state index >= 15 is 0 Å². The number of nitro groups is 1. The number of nitro benzene ring substituents is 1. The second-order valence-electron chi connectivity index (χ2n) is 6.21. The van der Waals surface area contributed by atoms with Gasteiger partial charge in [-0.15, -0.1) is 0 Å². The first-order valence-electron chi connectivity index (χ1n) is 8.39. The molecule has 0 unspecified atom stereocenters. The first kappa shape index (κ1) is 19.2. The van der Waals surface area contributed by atoms with E-state index in [-0.39, 0.29) is 18.1 Å². The average Bonchev–Trinajstić information content (AvgIpc) is 2.62. The minimum atomic E-state index is -0.427. The lowest BCUT2D eigenvalue weighted by Crippen LogP contribution is -2.48. The zero-order valence-corrected chi connectivity index (χ0v) is 16.0. The number of hydrogen-bond acceptors (Lipinski definition) is 5. The number of anilines is 2. The Kier molecular flexibility index (Phi) is 6.02. The number of nitrogens with zero attached hydrogens (tertiary/aromatic N) is 3. The highest BCUT2D eigenvalue weighted by Gasteiger charge is 2.21. The summed E-state index contributed by atoms with van der Waals surface area (Å²) < 4.78 is 13.8. The van der Waals surface area contributed by atoms with Crippen LogP contribution in [-0.2, 0) is 4.79 Å². The standard InChI is InChI=1S/C18H18BrFN4O3/c19-16-11-15(24(26)27)4-5-17(16)23-8-6-22(7-9-23)12-18(25)21-14-3-1-2-13(20)10-14/h1-5,10-11H,6-9,12H2,(H,21,25). The molecule has 1 aliphatic rings. The molecule has 0 saturated carbocycles. The Bertz CT molecular complexity index is 856. The van der Waals surface area contributed by atoms with Crippen LogP contribution in [0.3, 0.4) is 0 Å². The number of benzene rings is 2. The number of nitrogens with one attached hydrogen (secondary N) is 1. The van der Waals surface area contributed by atoms with E-state index in [9.17, 15) is 19.3 Å². The van der Waals surface area contributed by atoms with Crippen LogP contribution in [0.1, 0.15) is 0 Å². The van der Waals surface area contributed by atoms with Crippen molar-refractivity contribution in [3.8, 4) is 0 Å². The van der Waals surface area contributed by atoms with Crippen molar-refractivity contribution in [2.24, 2.45) is 0 Å². The minimum absolute atomic E-state index is 0.0401. The highest BCUT2D eigenvalue weighted by atomic mass is 79.9. The fourth-order valence-corrected chi connectivity index (χ4v) is 3.60. The van der Waals surface area contributed by atoms with Crippen LogP contribution in [0.25, 0.3) is 0 Å². The monoisotopic (exact) mass is 436 g/mol. The Balaban J connectivity index is 1.53. The number of amides is 1. The van der Waals surface area contributed by atoms with Crippen LogP contribution in [0.5, 0.6) is 0 Å². The fourth-order valence-electron chi connectivity index (χ4n) is 2.98. The van der Waals surface area contributed by atoms with Gasteiger partial charge in [0.1, 0.15) is 5.82 Å². The number of carbonyl (C=O) groups excluding carboxylic acids is 1. The highest BCUT2D eigenvalue weighted by Crippen LogP contribution is 2.30. The first-order chi connectivity index (χ1) is 12.9. The molecule has 1 saturated heterocycles. The molecule has 3 rings (SSSR count). The Morgan fingerprint density at radius 1 is 1.19 bits per heavy atom. The molecule has 2 aromatic rings. The molecule has 1 fully saturated rings. The number of halogens is 2. The van der Waals surface area contributed by atoms with E-state index in [1.807, 2.05) is 4.90 Å². The summed E-state index contributed by atoms with van der Waals surface area (Å²) in [5.41, 5.74) is 1.37. The largest absolute Gasteiger partial charge is 0.368 e. The summed E-state index contributed by atoms with van der Waals surface area (Å²) in [4.78, 5) is 26.7. The van der Waals surface area contributed by atoms with Crippen molar-refractivity contribution < 1.29 is 14.1 Å². The first-order valence-corrected chi connectivity index (χ1v) is 9.18. The molecule has 0 spiro atoms. The molecule has 1 aliphatic heterocycles. The van der Waals surface area contributed by atoms with E-state index in [0.717, 1.165) is 5.69 Å². The predicted octanol–water partition coefficient (Wildman–Crippen LogP) is 3.26. The second-order valence-corrected chi connectivity index (χ2v) is 7.07. The number of rotatable bonds is 5. The maximum Gasteiger partial charge on any atom is 0.270 e. The lowest BCUT2D eigenvalue weighted by molar-refractivity contribution is -0.384. The van der Waals surface area contributed by atoms with E-state index in [1.54, 1.807) is 18.2 Å². The van der Waals surface area contributed by atoms with Crippen LogP contribution >= 0.6 is 15.9 Å². The molecule has 9 heteroatoms. The van der Waals surface area contributed by atoms with Crippen LogP contribution in [0, 0.1) is 15.9 Å². The van der Waals surface area contributed by atoms with Crippen LogP contribution in [0.2, 0.25) is 0 Å². The summed E-state index contributed by atoms with van der Waals surface area (Å²) in [6, 6.07) is 10.5. The van der Waals surface area contributed by atoms with E-state index in [4.69, 9.17) is 0 Å². The van der Waals surface area contributed by atoms with Gasteiger partial charge in [-0.3, -0.25) is 19.8 Å². The van der Waals surface area contributed by atoms with Crippen molar-refractivity contribution in [3.05, 3.63) is 62.9 Å². The van der Waals surface area contributed by atoms with E-state index in [1.165, 1.54) is 24.3 Å². The van der Waals surface area contributed by atoms with Crippen LogP contribution in [0.4, 0.5) is 21.5 Å². The van der Waals surface area contributed by atoms with Crippen molar-refractivity contribution in [2.45, 2.75) is 0 Å². The van der Waals surface area contributed by atoms with Gasteiger partial charge in [0.15, 0.2) is 0 Å². The SMILES string of the molecule is O=C(CN1CCN(c2ccc([N+](=O)[O-])cc2Br)CC1)Nc1cccc(F)c1. The van der Waals surface area contributed by atoms with Gasteiger partial charge in [-0.05, 0) is 40.2 Å². The molecule has 0 aliphatic carbocycles. The quantitative estimate of drug-likeness (QED) is 0.574. The van der Waals surface area contributed by atoms with Gasteiger partial charge in [-0.1, -0.05) is 6.07 Å². The van der Waals surface area contributed by atoms with E-state index in [0.29, 0.717) is 36.3 Å². The summed E-state index contributed by atoms with van der Waals surface area (Å²) in [5.74, 6) is -0.583. The molecule has 1 amide bonds. The number of hydrogen-bond donors (Lipinski definition) is 1. The summed E-state index contributed by atoms with van der Waals surface area (Å²) >= 11 is 3.39. The zero-order chi connectivity index (χ0) is 19.4. The molecule has 7 nitrogen and oxygen atoms in total. The Hall–Kier alpha value is -2.52. The molecule has 0 aromatic heterocycles. The van der Waals surface area contributed by atoms with Crippen LogP contribution < -0.4 is 10.2 Å². The number of piperazine rings is 1. The van der Waals surface area contributed by atoms with Gasteiger partial charge in [-0.2, -0.15) is 0 Å². The van der Waals surface area contributed by atoms with Gasteiger partial charge in [0.25, 0.3) is 5.69 Å². The van der Waals surface area contributed by atoms with Crippen LogP contribution in [-0.4, -0.2) is 48.5 Å². The van der Waals surface area contributed by atoms with Gasteiger partial charge < -0.3 is 10.2 Å². The maximum absolute atomic E-state index is 13.2. The van der Waals surface area contributed by atoms with Gasteiger partial charge in [-0.25, -0.2) is 4.39 Å². The third-order valence-corrected chi connectivity index (χ3v) is 4.97. The third-order valence-electron chi connectivity index (χ3n) is 4.33. The molecular formula is C18H18BrFN4O3. The third kappa shape index (κ3) is 5.01. The van der Waals surface area contributed by atoms with Crippen molar-refractivity contribution in [2.75, 3.05) is 42.9 Å². The topological polar surface area (TPSA) is 78.7 Å². The van der Waals surface area contributed by atoms with Crippen molar-refractivity contribution in [1.29, 1.82) is 0 Å². The van der Waals surface area contributed by atoms with Gasteiger partial charge in [0.05, 0.1) is 17.2 Å². The Labute approximate surface area is 164 Å². The fraction of sp³-hybridized carbons (Fsp3) is 0.278. The Morgan fingerprint density at radius 3 is 2.56 bits per heavy atom. The summed E-state index contributed by atoms with van der Waals surface area (Å²) in [6.45, 7) is 2.99. The smallest absolute Gasteiger partial charge is 0.270 e. The van der Waals surface area contributed by atoms with Gasteiger partial charge in [0.2, 0.25) is 5.91 Å². The summed E-state index contributed by atoms with van der Waals surface area (Å²) in [6.07, 6.45) is 0. The maximum atomic E-state index is 13.2. The van der Waals surface area contributed by atoms with Crippen molar-refractivity contribution in [3.63, 3.8) is 0 Å².